The predicted molar refractivity (Wildman–Crippen MR) is 130 cm³/mol. The van der Waals surface area contributed by atoms with Crippen molar-refractivity contribution in [3.05, 3.63) is 0 Å². The zero-order chi connectivity index (χ0) is 23.5. The molecule has 0 aliphatic carbocycles. The zero-order valence-corrected chi connectivity index (χ0v) is 21.6. The molecule has 0 bridgehead atoms. The molecule has 0 aromatic rings. The smallest absolute Gasteiger partial charge is 0.311 e. The van der Waals surface area contributed by atoms with Gasteiger partial charge in [-0.05, 0) is 51.9 Å². The largest absolute Gasteiger partial charge is 0.466 e. The van der Waals surface area contributed by atoms with Gasteiger partial charge in [0.1, 0.15) is 6.10 Å². The van der Waals surface area contributed by atoms with Crippen LogP contribution in [0.3, 0.4) is 0 Å². The molecule has 0 fully saturated rings. The van der Waals surface area contributed by atoms with Gasteiger partial charge in [-0.25, -0.2) is 0 Å². The summed E-state index contributed by atoms with van der Waals surface area (Å²) in [5.41, 5.74) is -0.588. The minimum atomic E-state index is -0.588. The second kappa shape index (κ2) is 18.5. The summed E-state index contributed by atoms with van der Waals surface area (Å²) in [5, 5.41) is 0. The van der Waals surface area contributed by atoms with Gasteiger partial charge >= 0.3 is 11.9 Å². The van der Waals surface area contributed by atoms with Crippen molar-refractivity contribution >= 4 is 11.9 Å². The number of rotatable bonds is 20. The second-order valence-corrected chi connectivity index (χ2v) is 10.0. The monoisotopic (exact) mass is 440 g/mol. The van der Waals surface area contributed by atoms with Crippen molar-refractivity contribution in [2.24, 2.45) is 11.3 Å². The fraction of sp³-hybridized carbons (Fsp3) is 0.926. The fourth-order valence-electron chi connectivity index (χ4n) is 4.07. The molecular weight excluding hydrogens is 388 g/mol. The summed E-state index contributed by atoms with van der Waals surface area (Å²) in [5.74, 6) is -0.200. The van der Waals surface area contributed by atoms with Crippen LogP contribution in [0.25, 0.3) is 0 Å². The normalized spacial score (nSPS) is 13.6. The average Bonchev–Trinajstić information content (AvgIpc) is 2.71. The molecule has 0 rings (SSSR count). The summed E-state index contributed by atoms with van der Waals surface area (Å²) < 4.78 is 11.2. The van der Waals surface area contributed by atoms with Crippen molar-refractivity contribution < 1.29 is 19.1 Å². The molecule has 0 aliphatic heterocycles. The van der Waals surface area contributed by atoms with E-state index in [2.05, 4.69) is 20.8 Å². The van der Waals surface area contributed by atoms with Gasteiger partial charge in [-0.1, -0.05) is 85.5 Å². The summed E-state index contributed by atoms with van der Waals surface area (Å²) in [6, 6.07) is 0. The fourth-order valence-corrected chi connectivity index (χ4v) is 4.07. The van der Waals surface area contributed by atoms with Crippen molar-refractivity contribution in [3.8, 4) is 0 Å². The van der Waals surface area contributed by atoms with Crippen LogP contribution in [0.4, 0.5) is 0 Å². The van der Waals surface area contributed by atoms with E-state index in [1.54, 1.807) is 0 Å². The predicted octanol–water partition coefficient (Wildman–Crippen LogP) is 8.01. The van der Waals surface area contributed by atoms with Crippen LogP contribution < -0.4 is 0 Å². The number of esters is 2. The lowest BCUT2D eigenvalue weighted by atomic mass is 9.82. The Bertz CT molecular complexity index is 458. The van der Waals surface area contributed by atoms with Gasteiger partial charge in [-0.15, -0.1) is 0 Å². The number of hydrogen-bond donors (Lipinski definition) is 0. The van der Waals surface area contributed by atoms with Crippen molar-refractivity contribution in [1.29, 1.82) is 0 Å². The van der Waals surface area contributed by atoms with Crippen LogP contribution in [-0.2, 0) is 19.1 Å². The Balaban J connectivity index is 4.08. The van der Waals surface area contributed by atoms with Gasteiger partial charge < -0.3 is 9.47 Å². The standard InChI is InChI=1S/C27H52O4/c1-7-10-12-13-14-15-16-18-20-30-25(28)21-23(4)22-27(5,6)26(29)31-24(9-3)19-17-11-8-2/h23-24H,7-22H2,1-6H3. The first-order chi connectivity index (χ1) is 14.8. The molecular formula is C27H52O4. The number of ether oxygens (including phenoxy) is 2. The van der Waals surface area contributed by atoms with Crippen LogP contribution in [0.5, 0.6) is 0 Å². The van der Waals surface area contributed by atoms with Crippen LogP contribution in [0.1, 0.15) is 138 Å². The van der Waals surface area contributed by atoms with E-state index in [-0.39, 0.29) is 24.0 Å². The van der Waals surface area contributed by atoms with E-state index in [4.69, 9.17) is 9.47 Å². The molecule has 0 N–H and O–H groups in total. The number of carbonyl (C=O) groups excluding carboxylic acids is 2. The molecule has 0 spiro atoms. The number of unbranched alkanes of at least 4 members (excludes halogenated alkanes) is 9. The first-order valence-electron chi connectivity index (χ1n) is 13.1. The lowest BCUT2D eigenvalue weighted by molar-refractivity contribution is -0.162. The summed E-state index contributed by atoms with van der Waals surface area (Å²) >= 11 is 0. The third kappa shape index (κ3) is 16.3. The van der Waals surface area contributed by atoms with Crippen LogP contribution >= 0.6 is 0 Å². The molecule has 0 aromatic heterocycles. The topological polar surface area (TPSA) is 52.6 Å². The average molecular weight is 441 g/mol. The van der Waals surface area contributed by atoms with Gasteiger partial charge in [0, 0.05) is 6.42 Å². The molecule has 184 valence electrons. The summed E-state index contributed by atoms with van der Waals surface area (Å²) in [6.45, 7) is 12.9. The van der Waals surface area contributed by atoms with E-state index in [1.165, 1.54) is 51.4 Å². The minimum absolute atomic E-state index is 0.00485. The quantitative estimate of drug-likeness (QED) is 0.142. The van der Waals surface area contributed by atoms with E-state index >= 15 is 0 Å². The first-order valence-corrected chi connectivity index (χ1v) is 13.1. The Hall–Kier alpha value is -1.06. The van der Waals surface area contributed by atoms with E-state index in [0.717, 1.165) is 32.1 Å². The highest BCUT2D eigenvalue weighted by Crippen LogP contribution is 2.30. The van der Waals surface area contributed by atoms with Gasteiger partial charge in [-0.2, -0.15) is 0 Å². The van der Waals surface area contributed by atoms with Gasteiger partial charge in [-0.3, -0.25) is 9.59 Å². The van der Waals surface area contributed by atoms with Crippen molar-refractivity contribution in [2.45, 2.75) is 144 Å². The molecule has 31 heavy (non-hydrogen) atoms. The van der Waals surface area contributed by atoms with E-state index in [0.29, 0.717) is 19.4 Å². The Morgan fingerprint density at radius 3 is 1.94 bits per heavy atom. The number of hydrogen-bond acceptors (Lipinski definition) is 4. The van der Waals surface area contributed by atoms with Gasteiger partial charge in [0.15, 0.2) is 0 Å². The molecule has 0 aromatic carbocycles. The third-order valence-corrected chi connectivity index (χ3v) is 6.05. The molecule has 0 saturated heterocycles. The molecule has 4 nitrogen and oxygen atoms in total. The highest BCUT2D eigenvalue weighted by Gasteiger charge is 2.33. The maximum atomic E-state index is 12.7. The molecule has 0 saturated carbocycles. The van der Waals surface area contributed by atoms with Gasteiger partial charge in [0.25, 0.3) is 0 Å². The van der Waals surface area contributed by atoms with Gasteiger partial charge in [0.2, 0.25) is 0 Å². The number of carbonyl (C=O) groups is 2. The van der Waals surface area contributed by atoms with Gasteiger partial charge in [0.05, 0.1) is 12.0 Å². The van der Waals surface area contributed by atoms with Crippen LogP contribution in [0, 0.1) is 11.3 Å². The maximum absolute atomic E-state index is 12.7. The Labute approximate surface area is 193 Å². The maximum Gasteiger partial charge on any atom is 0.311 e. The zero-order valence-electron chi connectivity index (χ0n) is 21.6. The Kier molecular flexibility index (Phi) is 17.9. The molecule has 0 heterocycles. The highest BCUT2D eigenvalue weighted by molar-refractivity contribution is 5.76. The summed E-state index contributed by atoms with van der Waals surface area (Å²) in [6.07, 6.45) is 16.1. The molecule has 0 radical (unpaired) electrons. The van der Waals surface area contributed by atoms with Crippen LogP contribution in [-0.4, -0.2) is 24.6 Å². The lowest BCUT2D eigenvalue weighted by Gasteiger charge is -2.28. The summed E-state index contributed by atoms with van der Waals surface area (Å²) in [7, 11) is 0. The van der Waals surface area contributed by atoms with Crippen molar-refractivity contribution in [2.75, 3.05) is 6.61 Å². The molecule has 2 atom stereocenters. The molecule has 4 heteroatoms. The first kappa shape index (κ1) is 29.9. The van der Waals surface area contributed by atoms with E-state index < -0.39 is 5.41 Å². The van der Waals surface area contributed by atoms with Crippen molar-refractivity contribution in [1.82, 2.24) is 0 Å². The lowest BCUT2D eigenvalue weighted by Crippen LogP contribution is -2.32. The Morgan fingerprint density at radius 1 is 0.806 bits per heavy atom. The molecule has 0 aliphatic rings. The van der Waals surface area contributed by atoms with E-state index in [9.17, 15) is 9.59 Å². The Morgan fingerprint density at radius 2 is 1.35 bits per heavy atom. The second-order valence-electron chi connectivity index (χ2n) is 10.0. The third-order valence-electron chi connectivity index (χ3n) is 6.05. The van der Waals surface area contributed by atoms with E-state index in [1.807, 2.05) is 20.8 Å². The highest BCUT2D eigenvalue weighted by atomic mass is 16.5. The minimum Gasteiger partial charge on any atom is -0.466 e. The van der Waals surface area contributed by atoms with Crippen molar-refractivity contribution in [3.63, 3.8) is 0 Å². The molecule has 2 unspecified atom stereocenters. The SMILES string of the molecule is CCCCCCCCCCOC(=O)CC(C)CC(C)(C)C(=O)OC(CC)CCCCC. The summed E-state index contributed by atoms with van der Waals surface area (Å²) in [4.78, 5) is 24.9. The van der Waals surface area contributed by atoms with Crippen LogP contribution in [0.2, 0.25) is 0 Å². The van der Waals surface area contributed by atoms with Crippen LogP contribution in [0.15, 0.2) is 0 Å². The molecule has 0 amide bonds.